The lowest BCUT2D eigenvalue weighted by atomic mass is 9.80. The first-order valence-corrected chi connectivity index (χ1v) is 9.40. The van der Waals surface area contributed by atoms with Gasteiger partial charge in [-0.15, -0.1) is 0 Å². The molecule has 8 nitrogen and oxygen atoms in total. The molecule has 138 valence electrons. The lowest BCUT2D eigenvalue weighted by Crippen LogP contribution is -2.40. The first-order valence-electron chi connectivity index (χ1n) is 9.40. The van der Waals surface area contributed by atoms with Gasteiger partial charge in [0, 0.05) is 37.8 Å². The Morgan fingerprint density at radius 1 is 1.23 bits per heavy atom. The quantitative estimate of drug-likeness (QED) is 0.842. The highest BCUT2D eigenvalue weighted by Crippen LogP contribution is 2.36. The zero-order valence-corrected chi connectivity index (χ0v) is 14.8. The van der Waals surface area contributed by atoms with E-state index in [-0.39, 0.29) is 18.4 Å². The molecule has 2 fully saturated rings. The molecule has 2 aliphatic rings. The second-order valence-electron chi connectivity index (χ2n) is 7.31. The van der Waals surface area contributed by atoms with Crippen molar-refractivity contribution in [2.24, 2.45) is 5.92 Å². The number of amides is 2. The molecule has 1 aliphatic carbocycles. The highest BCUT2D eigenvalue weighted by molar-refractivity contribution is 5.85. The van der Waals surface area contributed by atoms with Crippen molar-refractivity contribution in [2.75, 3.05) is 19.6 Å². The second kappa shape index (κ2) is 7.39. The molecule has 0 spiro atoms. The Balaban J connectivity index is 1.25. The molecule has 2 amide bonds. The third-order valence-corrected chi connectivity index (χ3v) is 5.57. The molecule has 2 aromatic rings. The summed E-state index contributed by atoms with van der Waals surface area (Å²) in [5, 5.41) is 10.4. The summed E-state index contributed by atoms with van der Waals surface area (Å²) in [5.74, 6) is 0.961. The summed E-state index contributed by atoms with van der Waals surface area (Å²) >= 11 is 0. The molecule has 2 N–H and O–H groups in total. The number of aromatic amines is 1. The van der Waals surface area contributed by atoms with Crippen molar-refractivity contribution in [3.8, 4) is 0 Å². The van der Waals surface area contributed by atoms with Crippen LogP contribution in [0.2, 0.25) is 0 Å². The standard InChI is InChI=1S/C18H24N6O2/c25-14(11-24-9-1-2-15(24)26)21-10-12-3-5-13(6-4-12)16-17-18(23-22-16)20-8-7-19-17/h7-8,12-13H,1-6,9-11H2,(H,21,25)(H,20,22,23). The van der Waals surface area contributed by atoms with E-state index in [1.54, 1.807) is 17.3 Å². The molecular weight excluding hydrogens is 332 g/mol. The van der Waals surface area contributed by atoms with Crippen LogP contribution in [0.4, 0.5) is 0 Å². The number of likely N-dealkylation sites (tertiary alicyclic amines) is 1. The largest absolute Gasteiger partial charge is 0.354 e. The summed E-state index contributed by atoms with van der Waals surface area (Å²) in [7, 11) is 0. The normalized spacial score (nSPS) is 23.5. The first kappa shape index (κ1) is 16.9. The molecule has 0 aromatic carbocycles. The number of carbonyl (C=O) groups is 2. The van der Waals surface area contributed by atoms with Crippen LogP contribution < -0.4 is 5.32 Å². The van der Waals surface area contributed by atoms with Crippen LogP contribution in [-0.4, -0.2) is 56.5 Å². The monoisotopic (exact) mass is 356 g/mol. The molecule has 1 saturated carbocycles. The lowest BCUT2D eigenvalue weighted by molar-refractivity contribution is -0.133. The Morgan fingerprint density at radius 2 is 2.04 bits per heavy atom. The van der Waals surface area contributed by atoms with Crippen LogP contribution in [-0.2, 0) is 9.59 Å². The van der Waals surface area contributed by atoms with Gasteiger partial charge in [0.2, 0.25) is 11.8 Å². The van der Waals surface area contributed by atoms with Gasteiger partial charge in [-0.3, -0.25) is 14.7 Å². The number of fused-ring (bicyclic) bond motifs is 1. The Kier molecular flexibility index (Phi) is 4.81. The average molecular weight is 356 g/mol. The molecule has 0 radical (unpaired) electrons. The van der Waals surface area contributed by atoms with Crippen LogP contribution in [0.15, 0.2) is 12.4 Å². The van der Waals surface area contributed by atoms with Crippen LogP contribution >= 0.6 is 0 Å². The van der Waals surface area contributed by atoms with E-state index >= 15 is 0 Å². The number of aromatic nitrogens is 4. The van der Waals surface area contributed by atoms with Gasteiger partial charge in [0.1, 0.15) is 5.52 Å². The number of nitrogens with one attached hydrogen (secondary N) is 2. The number of rotatable bonds is 5. The molecule has 1 aliphatic heterocycles. The Hall–Kier alpha value is -2.51. The van der Waals surface area contributed by atoms with Gasteiger partial charge in [-0.2, -0.15) is 5.10 Å². The summed E-state index contributed by atoms with van der Waals surface area (Å²) in [6, 6.07) is 0. The summed E-state index contributed by atoms with van der Waals surface area (Å²) in [6.07, 6.45) is 9.03. The molecule has 8 heteroatoms. The van der Waals surface area contributed by atoms with Crippen molar-refractivity contribution in [3.05, 3.63) is 18.1 Å². The fourth-order valence-electron chi connectivity index (χ4n) is 4.07. The minimum absolute atomic E-state index is 0.0443. The summed E-state index contributed by atoms with van der Waals surface area (Å²) in [6.45, 7) is 1.60. The molecule has 2 aromatic heterocycles. The zero-order valence-electron chi connectivity index (χ0n) is 14.8. The summed E-state index contributed by atoms with van der Waals surface area (Å²) < 4.78 is 0. The van der Waals surface area contributed by atoms with Crippen molar-refractivity contribution in [1.82, 2.24) is 30.4 Å². The third kappa shape index (κ3) is 3.54. The van der Waals surface area contributed by atoms with Crippen LogP contribution in [0.5, 0.6) is 0 Å². The van der Waals surface area contributed by atoms with Gasteiger partial charge in [0.05, 0.1) is 12.2 Å². The number of hydrogen-bond donors (Lipinski definition) is 2. The van der Waals surface area contributed by atoms with E-state index in [0.29, 0.717) is 37.0 Å². The Bertz CT molecular complexity index is 796. The van der Waals surface area contributed by atoms with Gasteiger partial charge >= 0.3 is 0 Å². The lowest BCUT2D eigenvalue weighted by Gasteiger charge is -2.28. The van der Waals surface area contributed by atoms with Crippen LogP contribution in [0, 0.1) is 5.92 Å². The summed E-state index contributed by atoms with van der Waals surface area (Å²) in [4.78, 5) is 33.9. The fourth-order valence-corrected chi connectivity index (χ4v) is 4.07. The van der Waals surface area contributed by atoms with E-state index in [2.05, 4.69) is 25.5 Å². The van der Waals surface area contributed by atoms with Gasteiger partial charge in [0.25, 0.3) is 0 Å². The number of H-pyrrole nitrogens is 1. The smallest absolute Gasteiger partial charge is 0.239 e. The van der Waals surface area contributed by atoms with Crippen LogP contribution in [0.1, 0.15) is 50.1 Å². The van der Waals surface area contributed by atoms with Gasteiger partial charge in [0.15, 0.2) is 5.65 Å². The first-order chi connectivity index (χ1) is 12.7. The maximum atomic E-state index is 12.1. The van der Waals surface area contributed by atoms with E-state index in [1.807, 2.05) is 0 Å². The van der Waals surface area contributed by atoms with E-state index in [4.69, 9.17) is 0 Å². The zero-order chi connectivity index (χ0) is 17.9. The van der Waals surface area contributed by atoms with Gasteiger partial charge in [-0.25, -0.2) is 9.97 Å². The van der Waals surface area contributed by atoms with E-state index in [9.17, 15) is 9.59 Å². The molecule has 26 heavy (non-hydrogen) atoms. The maximum Gasteiger partial charge on any atom is 0.239 e. The molecule has 3 heterocycles. The molecule has 0 unspecified atom stereocenters. The van der Waals surface area contributed by atoms with Gasteiger partial charge in [-0.1, -0.05) is 0 Å². The van der Waals surface area contributed by atoms with Gasteiger partial charge < -0.3 is 10.2 Å². The average Bonchev–Trinajstić information content (AvgIpc) is 3.27. The van der Waals surface area contributed by atoms with Crippen LogP contribution in [0.3, 0.4) is 0 Å². The number of carbonyl (C=O) groups excluding carboxylic acids is 2. The van der Waals surface area contributed by atoms with E-state index < -0.39 is 0 Å². The van der Waals surface area contributed by atoms with Crippen LogP contribution in [0.25, 0.3) is 11.2 Å². The summed E-state index contributed by atoms with van der Waals surface area (Å²) in [5.41, 5.74) is 2.64. The predicted octanol–water partition coefficient (Wildman–Crippen LogP) is 1.37. The number of nitrogens with zero attached hydrogens (tertiary/aromatic N) is 4. The predicted molar refractivity (Wildman–Crippen MR) is 95.2 cm³/mol. The molecule has 4 rings (SSSR count). The molecule has 1 saturated heterocycles. The van der Waals surface area contributed by atoms with Gasteiger partial charge in [-0.05, 0) is 38.0 Å². The molecule has 0 atom stereocenters. The minimum atomic E-state index is -0.0443. The van der Waals surface area contributed by atoms with Crippen molar-refractivity contribution < 1.29 is 9.59 Å². The van der Waals surface area contributed by atoms with Crippen molar-refractivity contribution in [3.63, 3.8) is 0 Å². The topological polar surface area (TPSA) is 104 Å². The van der Waals surface area contributed by atoms with Crippen molar-refractivity contribution in [1.29, 1.82) is 0 Å². The fraction of sp³-hybridized carbons (Fsp3) is 0.611. The Labute approximate surface area is 151 Å². The van der Waals surface area contributed by atoms with Crippen molar-refractivity contribution in [2.45, 2.75) is 44.4 Å². The maximum absolute atomic E-state index is 12.1. The SMILES string of the molecule is O=C(CN1CCCC1=O)NCC1CCC(c2[nH]nc3nccnc23)CC1. The second-order valence-corrected chi connectivity index (χ2v) is 7.31. The molecular formula is C18H24N6O2. The minimum Gasteiger partial charge on any atom is -0.354 e. The van der Waals surface area contributed by atoms with E-state index in [1.165, 1.54) is 0 Å². The van der Waals surface area contributed by atoms with Crippen molar-refractivity contribution >= 4 is 23.0 Å². The molecule has 0 bridgehead atoms. The third-order valence-electron chi connectivity index (χ3n) is 5.57. The number of hydrogen-bond acceptors (Lipinski definition) is 5. The highest BCUT2D eigenvalue weighted by Gasteiger charge is 2.27. The van der Waals surface area contributed by atoms with E-state index in [0.717, 1.165) is 43.3 Å². The Morgan fingerprint density at radius 3 is 2.81 bits per heavy atom. The highest BCUT2D eigenvalue weighted by atomic mass is 16.2.